The summed E-state index contributed by atoms with van der Waals surface area (Å²) in [6.45, 7) is 5.73. The molecular formula is C18H23ClN2O3. The van der Waals surface area contributed by atoms with Crippen molar-refractivity contribution in [1.82, 2.24) is 10.2 Å². The van der Waals surface area contributed by atoms with Gasteiger partial charge in [0.15, 0.2) is 0 Å². The monoisotopic (exact) mass is 350 g/mol. The molecule has 1 amide bonds. The summed E-state index contributed by atoms with van der Waals surface area (Å²) in [6.07, 6.45) is 3.90. The molecule has 0 radical (unpaired) electrons. The van der Waals surface area contributed by atoms with Crippen molar-refractivity contribution in [3.05, 3.63) is 34.4 Å². The molecule has 0 aromatic heterocycles. The van der Waals surface area contributed by atoms with Crippen LogP contribution in [-0.4, -0.2) is 56.8 Å². The highest BCUT2D eigenvalue weighted by Gasteiger charge is 2.17. The number of hydrogen-bond acceptors (Lipinski definition) is 4. The summed E-state index contributed by atoms with van der Waals surface area (Å²) >= 11 is 5.99. The fourth-order valence-electron chi connectivity index (χ4n) is 2.88. The van der Waals surface area contributed by atoms with Gasteiger partial charge in [0.25, 0.3) is 5.91 Å². The van der Waals surface area contributed by atoms with Crippen molar-refractivity contribution < 1.29 is 14.3 Å². The van der Waals surface area contributed by atoms with Crippen LogP contribution in [0.1, 0.15) is 18.4 Å². The van der Waals surface area contributed by atoms with Crippen LogP contribution in [0.15, 0.2) is 23.8 Å². The lowest BCUT2D eigenvalue weighted by Gasteiger charge is -2.26. The molecule has 1 aromatic carbocycles. The minimum atomic E-state index is -0.0630. The van der Waals surface area contributed by atoms with Crippen molar-refractivity contribution in [2.45, 2.75) is 12.8 Å². The van der Waals surface area contributed by atoms with Crippen molar-refractivity contribution in [2.75, 3.05) is 46.0 Å². The van der Waals surface area contributed by atoms with Gasteiger partial charge in [-0.3, -0.25) is 9.69 Å². The number of unbranched alkanes of at least 4 members (excludes halogenated alkanes) is 1. The minimum Gasteiger partial charge on any atom is -0.488 e. The van der Waals surface area contributed by atoms with Gasteiger partial charge in [-0.2, -0.15) is 0 Å². The average Bonchev–Trinajstić information content (AvgIpc) is 2.61. The molecule has 1 saturated heterocycles. The van der Waals surface area contributed by atoms with E-state index in [2.05, 4.69) is 10.2 Å². The van der Waals surface area contributed by atoms with Gasteiger partial charge in [-0.25, -0.2) is 0 Å². The van der Waals surface area contributed by atoms with E-state index < -0.39 is 0 Å². The molecule has 0 saturated carbocycles. The molecule has 5 nitrogen and oxygen atoms in total. The number of hydrogen-bond donors (Lipinski definition) is 1. The minimum absolute atomic E-state index is 0.0630. The first-order chi connectivity index (χ1) is 11.7. The van der Waals surface area contributed by atoms with Crippen molar-refractivity contribution in [3.8, 4) is 5.75 Å². The third-order valence-corrected chi connectivity index (χ3v) is 4.50. The van der Waals surface area contributed by atoms with Gasteiger partial charge in [0.1, 0.15) is 12.4 Å². The lowest BCUT2D eigenvalue weighted by atomic mass is 10.1. The Morgan fingerprint density at radius 2 is 2.08 bits per heavy atom. The van der Waals surface area contributed by atoms with Gasteiger partial charge >= 0.3 is 0 Å². The number of benzene rings is 1. The zero-order chi connectivity index (χ0) is 16.8. The molecule has 1 N–H and O–H groups in total. The summed E-state index contributed by atoms with van der Waals surface area (Å²) in [7, 11) is 0. The molecule has 2 aliphatic rings. The summed E-state index contributed by atoms with van der Waals surface area (Å²) in [4.78, 5) is 14.6. The SMILES string of the molecule is O=C(NCCCCN1CCOCC1)C1=Cc2cc(Cl)ccc2OC1. The van der Waals surface area contributed by atoms with Crippen LogP contribution in [0.5, 0.6) is 5.75 Å². The quantitative estimate of drug-likeness (QED) is 0.800. The highest BCUT2D eigenvalue weighted by Crippen LogP contribution is 2.28. The lowest BCUT2D eigenvalue weighted by Crippen LogP contribution is -2.37. The molecule has 130 valence electrons. The van der Waals surface area contributed by atoms with Gasteiger partial charge in [-0.15, -0.1) is 0 Å². The summed E-state index contributed by atoms with van der Waals surface area (Å²) in [5.74, 6) is 0.702. The van der Waals surface area contributed by atoms with Crippen LogP contribution in [0.2, 0.25) is 5.02 Å². The molecule has 0 spiro atoms. The van der Waals surface area contributed by atoms with E-state index in [9.17, 15) is 4.79 Å². The summed E-state index contributed by atoms with van der Waals surface area (Å²) in [5.41, 5.74) is 1.49. The Bertz CT molecular complexity index is 612. The van der Waals surface area contributed by atoms with Crippen LogP contribution >= 0.6 is 11.6 Å². The smallest absolute Gasteiger partial charge is 0.250 e. The van der Waals surface area contributed by atoms with Gasteiger partial charge in [0.2, 0.25) is 0 Å². The molecule has 3 rings (SSSR count). The molecule has 1 fully saturated rings. The first-order valence-electron chi connectivity index (χ1n) is 8.43. The normalized spacial score (nSPS) is 17.6. The Hall–Kier alpha value is -1.56. The fourth-order valence-corrected chi connectivity index (χ4v) is 3.06. The Morgan fingerprint density at radius 3 is 2.92 bits per heavy atom. The van der Waals surface area contributed by atoms with Crippen molar-refractivity contribution >= 4 is 23.6 Å². The number of morpholine rings is 1. The third-order valence-electron chi connectivity index (χ3n) is 4.27. The first kappa shape index (κ1) is 17.3. The lowest BCUT2D eigenvalue weighted by molar-refractivity contribution is -0.117. The number of rotatable bonds is 6. The van der Waals surface area contributed by atoms with Crippen molar-refractivity contribution in [1.29, 1.82) is 0 Å². The topological polar surface area (TPSA) is 50.8 Å². The van der Waals surface area contributed by atoms with Gasteiger partial charge in [-0.05, 0) is 43.7 Å². The van der Waals surface area contributed by atoms with E-state index in [1.807, 2.05) is 18.2 Å². The molecule has 0 atom stereocenters. The Kier molecular flexibility index (Phi) is 6.12. The first-order valence-corrected chi connectivity index (χ1v) is 8.81. The van der Waals surface area contributed by atoms with Gasteiger partial charge in [0, 0.05) is 30.2 Å². The van der Waals surface area contributed by atoms with Gasteiger partial charge in [0.05, 0.1) is 18.8 Å². The summed E-state index contributed by atoms with van der Waals surface area (Å²) < 4.78 is 10.9. The van der Waals surface area contributed by atoms with E-state index in [1.54, 1.807) is 6.07 Å². The van der Waals surface area contributed by atoms with E-state index in [0.717, 1.165) is 57.0 Å². The second kappa shape index (κ2) is 8.51. The zero-order valence-corrected chi connectivity index (χ0v) is 14.5. The number of fused-ring (bicyclic) bond motifs is 1. The fraction of sp³-hybridized carbons (Fsp3) is 0.500. The molecule has 2 heterocycles. The Balaban J connectivity index is 1.40. The maximum Gasteiger partial charge on any atom is 0.250 e. The van der Waals surface area contributed by atoms with Crippen molar-refractivity contribution in [2.24, 2.45) is 0 Å². The maximum atomic E-state index is 12.2. The summed E-state index contributed by atoms with van der Waals surface area (Å²) in [6, 6.07) is 5.42. The van der Waals surface area contributed by atoms with Crippen molar-refractivity contribution in [3.63, 3.8) is 0 Å². The van der Waals surface area contributed by atoms with Crippen LogP contribution < -0.4 is 10.1 Å². The molecular weight excluding hydrogens is 328 g/mol. The second-order valence-electron chi connectivity index (χ2n) is 6.06. The van der Waals surface area contributed by atoms with Crippen LogP contribution in [0.3, 0.4) is 0 Å². The molecule has 0 bridgehead atoms. The van der Waals surface area contributed by atoms with E-state index in [4.69, 9.17) is 21.1 Å². The van der Waals surface area contributed by atoms with E-state index in [0.29, 0.717) is 23.7 Å². The standard InChI is InChI=1S/C18H23ClN2O3/c19-16-3-4-17-14(12-16)11-15(13-24-17)18(22)20-5-1-2-6-21-7-9-23-10-8-21/h3-4,11-12H,1-2,5-10,13H2,(H,20,22). The maximum absolute atomic E-state index is 12.2. The number of amides is 1. The van der Waals surface area contributed by atoms with Crippen LogP contribution in [0.4, 0.5) is 0 Å². The number of carbonyl (C=O) groups is 1. The van der Waals surface area contributed by atoms with E-state index in [1.165, 1.54) is 0 Å². The highest BCUT2D eigenvalue weighted by atomic mass is 35.5. The average molecular weight is 351 g/mol. The number of carbonyl (C=O) groups excluding carboxylic acids is 1. The molecule has 24 heavy (non-hydrogen) atoms. The number of halogens is 1. The number of ether oxygens (including phenoxy) is 2. The van der Waals surface area contributed by atoms with Crippen LogP contribution in [0, 0.1) is 0 Å². The Labute approximate surface area is 147 Å². The third kappa shape index (κ3) is 4.72. The Morgan fingerprint density at radius 1 is 1.25 bits per heavy atom. The molecule has 2 aliphatic heterocycles. The zero-order valence-electron chi connectivity index (χ0n) is 13.7. The largest absolute Gasteiger partial charge is 0.488 e. The van der Waals surface area contributed by atoms with Gasteiger partial charge in [-0.1, -0.05) is 11.6 Å². The summed E-state index contributed by atoms with van der Waals surface area (Å²) in [5, 5.41) is 3.61. The second-order valence-corrected chi connectivity index (χ2v) is 6.49. The van der Waals surface area contributed by atoms with E-state index >= 15 is 0 Å². The van der Waals surface area contributed by atoms with Crippen LogP contribution in [0.25, 0.3) is 6.08 Å². The molecule has 0 aliphatic carbocycles. The highest BCUT2D eigenvalue weighted by molar-refractivity contribution is 6.30. The molecule has 6 heteroatoms. The van der Waals surface area contributed by atoms with Crippen LogP contribution in [-0.2, 0) is 9.53 Å². The molecule has 0 unspecified atom stereocenters. The van der Waals surface area contributed by atoms with E-state index in [-0.39, 0.29) is 5.91 Å². The molecule has 1 aromatic rings. The number of nitrogens with zero attached hydrogens (tertiary/aromatic N) is 1. The van der Waals surface area contributed by atoms with Gasteiger partial charge < -0.3 is 14.8 Å². The predicted octanol–water partition coefficient (Wildman–Crippen LogP) is 2.34. The predicted molar refractivity (Wildman–Crippen MR) is 94.4 cm³/mol. The number of nitrogens with one attached hydrogen (secondary N) is 1.